The number of aryl methyl sites for hydroxylation is 2. The lowest BCUT2D eigenvalue weighted by Gasteiger charge is -2.29. The molecule has 2 aromatic carbocycles. The van der Waals surface area contributed by atoms with Crippen LogP contribution < -0.4 is 14.8 Å². The predicted octanol–water partition coefficient (Wildman–Crippen LogP) is 3.21. The Morgan fingerprint density at radius 1 is 1.14 bits per heavy atom. The molecule has 2 amide bonds. The summed E-state index contributed by atoms with van der Waals surface area (Å²) >= 11 is 0. The number of hydrogen-bond donors (Lipinski definition) is 1. The summed E-state index contributed by atoms with van der Waals surface area (Å²) in [5, 5.41) is 2.82. The van der Waals surface area contributed by atoms with Gasteiger partial charge in [0.05, 0.1) is 0 Å². The first kappa shape index (κ1) is 20.7. The summed E-state index contributed by atoms with van der Waals surface area (Å²) in [6.45, 7) is 6.84. The summed E-state index contributed by atoms with van der Waals surface area (Å²) in [5.74, 6) is 1.25. The third-order valence-corrected chi connectivity index (χ3v) is 5.18. The van der Waals surface area contributed by atoms with Crippen LogP contribution in [0.25, 0.3) is 0 Å². The molecule has 29 heavy (non-hydrogen) atoms. The van der Waals surface area contributed by atoms with Crippen LogP contribution in [0.3, 0.4) is 0 Å². The second-order valence-electron chi connectivity index (χ2n) is 7.21. The topological polar surface area (TPSA) is 67.9 Å². The van der Waals surface area contributed by atoms with Crippen LogP contribution in [0.2, 0.25) is 0 Å². The number of amides is 2. The molecular weight excluding hydrogens is 368 g/mol. The highest BCUT2D eigenvalue weighted by Gasteiger charge is 2.26. The van der Waals surface area contributed by atoms with Gasteiger partial charge in [0, 0.05) is 19.5 Å². The van der Waals surface area contributed by atoms with Crippen molar-refractivity contribution in [1.82, 2.24) is 10.2 Å². The molecule has 1 aliphatic heterocycles. The van der Waals surface area contributed by atoms with Gasteiger partial charge in [0.15, 0.2) is 11.5 Å². The molecule has 0 radical (unpaired) electrons. The number of ether oxygens (including phenoxy) is 2. The van der Waals surface area contributed by atoms with Crippen LogP contribution in [0.15, 0.2) is 42.5 Å². The van der Waals surface area contributed by atoms with E-state index in [1.54, 1.807) is 11.8 Å². The van der Waals surface area contributed by atoms with E-state index in [2.05, 4.69) is 5.32 Å². The maximum atomic E-state index is 13.1. The van der Waals surface area contributed by atoms with E-state index in [0.29, 0.717) is 31.7 Å². The maximum Gasteiger partial charge on any atom is 0.242 e. The summed E-state index contributed by atoms with van der Waals surface area (Å²) < 4.78 is 10.7. The van der Waals surface area contributed by atoms with Gasteiger partial charge < -0.3 is 19.7 Å². The molecule has 0 spiro atoms. The number of fused-ring (bicyclic) bond motifs is 1. The summed E-state index contributed by atoms with van der Waals surface area (Å²) in [6.07, 6.45) is 0.886. The zero-order chi connectivity index (χ0) is 20.8. The number of nitrogens with zero attached hydrogens (tertiary/aromatic N) is 1. The van der Waals surface area contributed by atoms with Crippen LogP contribution in [0.5, 0.6) is 11.5 Å². The normalized spacial score (nSPS) is 13.1. The maximum absolute atomic E-state index is 13.1. The molecule has 1 atom stereocenters. The molecule has 1 heterocycles. The molecular formula is C23H28N2O4. The number of hydrogen-bond acceptors (Lipinski definition) is 4. The average Bonchev–Trinajstić information content (AvgIpc) is 3.19. The fourth-order valence-electron chi connectivity index (χ4n) is 3.37. The molecule has 2 aromatic rings. The van der Waals surface area contributed by atoms with E-state index in [1.165, 1.54) is 0 Å². The molecule has 3 rings (SSSR count). The van der Waals surface area contributed by atoms with Crippen molar-refractivity contribution < 1.29 is 19.1 Å². The minimum absolute atomic E-state index is 0.0512. The number of carbonyl (C=O) groups excluding carboxylic acids is 2. The summed E-state index contributed by atoms with van der Waals surface area (Å²) in [7, 11) is 0. The van der Waals surface area contributed by atoms with Crippen molar-refractivity contribution in [3.05, 3.63) is 59.2 Å². The lowest BCUT2D eigenvalue weighted by Crippen LogP contribution is -2.47. The minimum atomic E-state index is -0.543. The number of nitrogens with one attached hydrogen (secondary N) is 1. The highest BCUT2D eigenvalue weighted by molar-refractivity contribution is 5.87. The van der Waals surface area contributed by atoms with Gasteiger partial charge in [-0.15, -0.1) is 0 Å². The van der Waals surface area contributed by atoms with Crippen LogP contribution in [-0.4, -0.2) is 36.1 Å². The van der Waals surface area contributed by atoms with Crippen LogP contribution in [0.4, 0.5) is 0 Å². The second-order valence-corrected chi connectivity index (χ2v) is 7.21. The van der Waals surface area contributed by atoms with E-state index < -0.39 is 6.04 Å². The Morgan fingerprint density at radius 2 is 1.90 bits per heavy atom. The smallest absolute Gasteiger partial charge is 0.242 e. The first-order chi connectivity index (χ1) is 14.0. The Kier molecular flexibility index (Phi) is 6.75. The third kappa shape index (κ3) is 5.08. The van der Waals surface area contributed by atoms with Crippen molar-refractivity contribution in [2.24, 2.45) is 0 Å². The Hall–Kier alpha value is -3.02. The highest BCUT2D eigenvalue weighted by Crippen LogP contribution is 2.32. The van der Waals surface area contributed by atoms with Crippen molar-refractivity contribution in [3.63, 3.8) is 0 Å². The summed E-state index contributed by atoms with van der Waals surface area (Å²) in [4.78, 5) is 27.2. The third-order valence-electron chi connectivity index (χ3n) is 5.18. The fraction of sp³-hybridized carbons (Fsp3) is 0.391. The largest absolute Gasteiger partial charge is 0.454 e. The van der Waals surface area contributed by atoms with Gasteiger partial charge >= 0.3 is 0 Å². The van der Waals surface area contributed by atoms with Crippen molar-refractivity contribution in [2.75, 3.05) is 13.3 Å². The quantitative estimate of drug-likeness (QED) is 0.744. The summed E-state index contributed by atoms with van der Waals surface area (Å²) in [6, 6.07) is 13.1. The molecule has 0 aliphatic carbocycles. The number of likely N-dealkylation sites (N-methyl/N-ethyl adjacent to an activating group) is 1. The molecule has 0 saturated carbocycles. The molecule has 1 N–H and O–H groups in total. The van der Waals surface area contributed by atoms with E-state index in [0.717, 1.165) is 22.4 Å². The number of rotatable bonds is 8. The number of benzene rings is 2. The SMILES string of the molecule is CCNC(=O)[C@H](C)N(Cc1ccccc1C)C(=O)CCc1ccc2c(c1)OCO2. The molecule has 0 unspecified atom stereocenters. The molecule has 1 aliphatic rings. The minimum Gasteiger partial charge on any atom is -0.454 e. The Balaban J connectivity index is 1.72. The van der Waals surface area contributed by atoms with E-state index in [-0.39, 0.29) is 18.6 Å². The molecule has 0 fully saturated rings. The van der Waals surface area contributed by atoms with Crippen LogP contribution >= 0.6 is 0 Å². The first-order valence-electron chi connectivity index (χ1n) is 9.99. The van der Waals surface area contributed by atoms with Gasteiger partial charge in [-0.1, -0.05) is 30.3 Å². The zero-order valence-electron chi connectivity index (χ0n) is 17.2. The molecule has 6 heteroatoms. The van der Waals surface area contributed by atoms with Crippen molar-refractivity contribution in [1.29, 1.82) is 0 Å². The monoisotopic (exact) mass is 396 g/mol. The Morgan fingerprint density at radius 3 is 2.66 bits per heavy atom. The van der Waals surface area contributed by atoms with Crippen LogP contribution in [0.1, 0.15) is 37.0 Å². The van der Waals surface area contributed by atoms with Crippen molar-refractivity contribution in [3.8, 4) is 11.5 Å². The van der Waals surface area contributed by atoms with Gasteiger partial charge in [-0.3, -0.25) is 9.59 Å². The van der Waals surface area contributed by atoms with E-state index in [1.807, 2.05) is 56.3 Å². The molecule has 0 aromatic heterocycles. The van der Waals surface area contributed by atoms with Gasteiger partial charge in [0.25, 0.3) is 0 Å². The molecule has 6 nitrogen and oxygen atoms in total. The van der Waals surface area contributed by atoms with Gasteiger partial charge in [0.1, 0.15) is 6.04 Å². The van der Waals surface area contributed by atoms with Crippen LogP contribution in [-0.2, 0) is 22.6 Å². The average molecular weight is 396 g/mol. The Labute approximate surface area is 171 Å². The lowest BCUT2D eigenvalue weighted by molar-refractivity contribution is -0.140. The fourth-order valence-corrected chi connectivity index (χ4v) is 3.37. The highest BCUT2D eigenvalue weighted by atomic mass is 16.7. The first-order valence-corrected chi connectivity index (χ1v) is 9.99. The second kappa shape index (κ2) is 9.45. The summed E-state index contributed by atoms with van der Waals surface area (Å²) in [5.41, 5.74) is 3.15. The molecule has 0 saturated heterocycles. The van der Waals surface area contributed by atoms with E-state index in [4.69, 9.17) is 9.47 Å². The van der Waals surface area contributed by atoms with Gasteiger partial charge in [0.2, 0.25) is 18.6 Å². The lowest BCUT2D eigenvalue weighted by atomic mass is 10.1. The van der Waals surface area contributed by atoms with Gasteiger partial charge in [-0.25, -0.2) is 0 Å². The van der Waals surface area contributed by atoms with Crippen molar-refractivity contribution in [2.45, 2.75) is 46.2 Å². The van der Waals surface area contributed by atoms with E-state index in [9.17, 15) is 9.59 Å². The standard InChI is InChI=1S/C23H28N2O4/c1-4-24-23(27)17(3)25(14-19-8-6-5-7-16(19)2)22(26)12-10-18-9-11-20-21(13-18)29-15-28-20/h5-9,11,13,17H,4,10,12,14-15H2,1-3H3,(H,24,27)/t17-/m0/s1. The van der Waals surface area contributed by atoms with Gasteiger partial charge in [-0.2, -0.15) is 0 Å². The Bertz CT molecular complexity index is 881. The van der Waals surface area contributed by atoms with Crippen LogP contribution in [0, 0.1) is 6.92 Å². The number of carbonyl (C=O) groups is 2. The van der Waals surface area contributed by atoms with Gasteiger partial charge in [-0.05, 0) is 56.0 Å². The predicted molar refractivity (Wildman–Crippen MR) is 111 cm³/mol. The van der Waals surface area contributed by atoms with E-state index >= 15 is 0 Å². The molecule has 0 bridgehead atoms. The van der Waals surface area contributed by atoms with Crippen molar-refractivity contribution >= 4 is 11.8 Å². The zero-order valence-corrected chi connectivity index (χ0v) is 17.2. The molecule has 154 valence electrons.